The van der Waals surface area contributed by atoms with Gasteiger partial charge in [-0.25, -0.2) is 4.39 Å². The molecule has 0 aromatic heterocycles. The number of carbonyl (C=O) groups is 2. The van der Waals surface area contributed by atoms with Crippen LogP contribution in [-0.4, -0.2) is 55.6 Å². The lowest BCUT2D eigenvalue weighted by molar-refractivity contribution is -0.130. The lowest BCUT2D eigenvalue weighted by Crippen LogP contribution is -2.55. The summed E-state index contributed by atoms with van der Waals surface area (Å²) in [7, 11) is 1.56. The van der Waals surface area contributed by atoms with E-state index in [0.717, 1.165) is 0 Å². The third-order valence-electron chi connectivity index (χ3n) is 4.16. The first-order valence-corrected chi connectivity index (χ1v) is 8.09. The van der Waals surface area contributed by atoms with E-state index in [-0.39, 0.29) is 24.2 Å². The van der Waals surface area contributed by atoms with Gasteiger partial charge < -0.3 is 20.3 Å². The topological polar surface area (TPSA) is 70.7 Å². The normalized spacial score (nSPS) is 20.0. The van der Waals surface area contributed by atoms with Gasteiger partial charge in [0.25, 0.3) is 0 Å². The molecule has 1 saturated heterocycles. The van der Waals surface area contributed by atoms with Gasteiger partial charge in [0.05, 0.1) is 13.2 Å². The molecule has 1 fully saturated rings. The summed E-state index contributed by atoms with van der Waals surface area (Å²) in [5.41, 5.74) is -0.450. The molecule has 0 bridgehead atoms. The van der Waals surface area contributed by atoms with Gasteiger partial charge in [-0.3, -0.25) is 9.59 Å². The Balaban J connectivity index is 2.18. The first kappa shape index (κ1) is 18.2. The summed E-state index contributed by atoms with van der Waals surface area (Å²) >= 11 is 0. The maximum Gasteiger partial charge on any atom is 0.247 e. The van der Waals surface area contributed by atoms with Crippen LogP contribution in [0.4, 0.5) is 10.1 Å². The number of amides is 2. The first-order valence-electron chi connectivity index (χ1n) is 8.09. The quantitative estimate of drug-likeness (QED) is 0.738. The number of nitrogens with one attached hydrogen (secondary N) is 2. The van der Waals surface area contributed by atoms with E-state index in [1.165, 1.54) is 12.1 Å². The Hall–Kier alpha value is -2.15. The predicted octanol–water partition coefficient (Wildman–Crippen LogP) is 1.38. The minimum Gasteiger partial charge on any atom is -0.383 e. The van der Waals surface area contributed by atoms with Crippen molar-refractivity contribution in [2.45, 2.75) is 25.3 Å². The molecule has 0 spiro atoms. The number of ether oxygens (including phenoxy) is 1. The standard InChI is InChI=1S/C17H24FN3O3/c1-3-15(22)21-9-7-17(12-21,16(23)19-8-10-24-2)20-14-6-4-5-13(18)11-14/h4-6,11,20H,3,7-10,12H2,1-2H3,(H,19,23). The monoisotopic (exact) mass is 337 g/mol. The molecule has 6 nitrogen and oxygen atoms in total. The number of methoxy groups -OCH3 is 1. The molecule has 24 heavy (non-hydrogen) atoms. The minimum absolute atomic E-state index is 0.00242. The SMILES string of the molecule is CCC(=O)N1CCC(Nc2cccc(F)c2)(C(=O)NCCOC)C1. The van der Waals surface area contributed by atoms with Crippen molar-refractivity contribution in [2.24, 2.45) is 0 Å². The van der Waals surface area contributed by atoms with Crippen LogP contribution in [0, 0.1) is 5.82 Å². The second-order valence-corrected chi connectivity index (χ2v) is 5.89. The average molecular weight is 337 g/mol. The Morgan fingerprint density at radius 2 is 2.21 bits per heavy atom. The number of hydrogen-bond acceptors (Lipinski definition) is 4. The van der Waals surface area contributed by atoms with Crippen LogP contribution in [0.25, 0.3) is 0 Å². The number of likely N-dealkylation sites (tertiary alicyclic amines) is 1. The van der Waals surface area contributed by atoms with Crippen LogP contribution < -0.4 is 10.6 Å². The van der Waals surface area contributed by atoms with Gasteiger partial charge in [-0.15, -0.1) is 0 Å². The van der Waals surface area contributed by atoms with E-state index in [4.69, 9.17) is 4.74 Å². The highest BCUT2D eigenvalue weighted by Gasteiger charge is 2.45. The van der Waals surface area contributed by atoms with Crippen LogP contribution in [0.3, 0.4) is 0 Å². The van der Waals surface area contributed by atoms with Gasteiger partial charge in [-0.05, 0) is 24.6 Å². The molecule has 1 unspecified atom stereocenters. The molecular formula is C17H24FN3O3. The lowest BCUT2D eigenvalue weighted by atomic mass is 9.96. The van der Waals surface area contributed by atoms with Crippen LogP contribution in [0.15, 0.2) is 24.3 Å². The summed E-state index contributed by atoms with van der Waals surface area (Å²) in [5, 5.41) is 5.96. The van der Waals surface area contributed by atoms with Crippen molar-refractivity contribution >= 4 is 17.5 Å². The lowest BCUT2D eigenvalue weighted by Gasteiger charge is -2.30. The minimum atomic E-state index is -0.966. The summed E-state index contributed by atoms with van der Waals surface area (Å²) in [6, 6.07) is 5.97. The third-order valence-corrected chi connectivity index (χ3v) is 4.16. The molecule has 1 aliphatic rings. The molecule has 2 amide bonds. The van der Waals surface area contributed by atoms with Crippen molar-refractivity contribution in [1.29, 1.82) is 0 Å². The molecule has 1 heterocycles. The van der Waals surface area contributed by atoms with Gasteiger partial charge in [0.15, 0.2) is 0 Å². The Morgan fingerprint density at radius 1 is 1.42 bits per heavy atom. The summed E-state index contributed by atoms with van der Waals surface area (Å²) in [4.78, 5) is 26.4. The van der Waals surface area contributed by atoms with Crippen LogP contribution in [-0.2, 0) is 14.3 Å². The molecule has 0 saturated carbocycles. The van der Waals surface area contributed by atoms with E-state index in [1.54, 1.807) is 31.1 Å². The third kappa shape index (κ3) is 4.23. The van der Waals surface area contributed by atoms with Crippen LogP contribution in [0.5, 0.6) is 0 Å². The fourth-order valence-corrected chi connectivity index (χ4v) is 2.87. The van der Waals surface area contributed by atoms with Crippen molar-refractivity contribution in [3.8, 4) is 0 Å². The molecule has 7 heteroatoms. The highest BCUT2D eigenvalue weighted by Crippen LogP contribution is 2.27. The second-order valence-electron chi connectivity index (χ2n) is 5.89. The van der Waals surface area contributed by atoms with Crippen LogP contribution in [0.1, 0.15) is 19.8 Å². The van der Waals surface area contributed by atoms with Crippen molar-refractivity contribution in [1.82, 2.24) is 10.2 Å². The van der Waals surface area contributed by atoms with Gasteiger partial charge in [0, 0.05) is 32.3 Å². The molecule has 132 valence electrons. The zero-order valence-corrected chi connectivity index (χ0v) is 14.1. The van der Waals surface area contributed by atoms with Gasteiger partial charge in [0.2, 0.25) is 11.8 Å². The smallest absolute Gasteiger partial charge is 0.247 e. The van der Waals surface area contributed by atoms with E-state index < -0.39 is 5.54 Å². The molecule has 2 N–H and O–H groups in total. The highest BCUT2D eigenvalue weighted by atomic mass is 19.1. The van der Waals surface area contributed by atoms with E-state index in [0.29, 0.717) is 38.2 Å². The number of rotatable bonds is 7. The summed E-state index contributed by atoms with van der Waals surface area (Å²) in [6.45, 7) is 3.33. The number of anilines is 1. The summed E-state index contributed by atoms with van der Waals surface area (Å²) in [6.07, 6.45) is 0.857. The van der Waals surface area contributed by atoms with E-state index >= 15 is 0 Å². The number of hydrogen-bond donors (Lipinski definition) is 2. The molecule has 0 radical (unpaired) electrons. The maximum atomic E-state index is 13.5. The van der Waals surface area contributed by atoms with Crippen molar-refractivity contribution in [2.75, 3.05) is 38.7 Å². The molecule has 1 aliphatic heterocycles. The van der Waals surface area contributed by atoms with Crippen molar-refractivity contribution < 1.29 is 18.7 Å². The Bertz CT molecular complexity index is 596. The van der Waals surface area contributed by atoms with Gasteiger partial charge >= 0.3 is 0 Å². The predicted molar refractivity (Wildman–Crippen MR) is 89.1 cm³/mol. The molecule has 0 aliphatic carbocycles. The molecule has 1 aromatic carbocycles. The van der Waals surface area contributed by atoms with Gasteiger partial charge in [0.1, 0.15) is 11.4 Å². The fraction of sp³-hybridized carbons (Fsp3) is 0.529. The van der Waals surface area contributed by atoms with Gasteiger partial charge in [-0.1, -0.05) is 13.0 Å². The Kier molecular flexibility index (Phi) is 6.14. The van der Waals surface area contributed by atoms with Crippen molar-refractivity contribution in [3.63, 3.8) is 0 Å². The number of benzene rings is 1. The maximum absolute atomic E-state index is 13.5. The zero-order chi connectivity index (χ0) is 17.6. The fourth-order valence-electron chi connectivity index (χ4n) is 2.87. The number of nitrogens with zero attached hydrogens (tertiary/aromatic N) is 1. The molecule has 1 aromatic rings. The summed E-state index contributed by atoms with van der Waals surface area (Å²) < 4.78 is 18.4. The van der Waals surface area contributed by atoms with Gasteiger partial charge in [-0.2, -0.15) is 0 Å². The molecule has 1 atom stereocenters. The Morgan fingerprint density at radius 3 is 2.88 bits per heavy atom. The number of halogens is 1. The Labute approximate surface area is 141 Å². The van der Waals surface area contributed by atoms with E-state index in [2.05, 4.69) is 10.6 Å². The highest BCUT2D eigenvalue weighted by molar-refractivity contribution is 5.91. The van der Waals surface area contributed by atoms with Crippen molar-refractivity contribution in [3.05, 3.63) is 30.1 Å². The van der Waals surface area contributed by atoms with E-state index in [1.807, 2.05) is 0 Å². The molecule has 2 rings (SSSR count). The average Bonchev–Trinajstić information content (AvgIpc) is 2.99. The number of carbonyl (C=O) groups excluding carboxylic acids is 2. The van der Waals surface area contributed by atoms with Crippen LogP contribution >= 0.6 is 0 Å². The summed E-state index contributed by atoms with van der Waals surface area (Å²) in [5.74, 6) is -0.591. The van der Waals surface area contributed by atoms with E-state index in [9.17, 15) is 14.0 Å². The second kappa shape index (κ2) is 8.10. The molecular weight excluding hydrogens is 313 g/mol. The largest absolute Gasteiger partial charge is 0.383 e. The first-order chi connectivity index (χ1) is 11.5. The zero-order valence-electron chi connectivity index (χ0n) is 14.1. The van der Waals surface area contributed by atoms with Crippen LogP contribution in [0.2, 0.25) is 0 Å².